The highest BCUT2D eigenvalue weighted by atomic mass is 16.3. The molecule has 0 heterocycles. The van der Waals surface area contributed by atoms with Gasteiger partial charge in [-0.05, 0) is 80.5 Å². The summed E-state index contributed by atoms with van der Waals surface area (Å²) in [5.74, 6) is 2.87. The van der Waals surface area contributed by atoms with E-state index in [0.717, 1.165) is 50.4 Å². The smallest absolute Gasteiger partial charge is 0.0568 e. The molecule has 1 aliphatic carbocycles. The van der Waals surface area contributed by atoms with E-state index in [2.05, 4.69) is 41.5 Å². The van der Waals surface area contributed by atoms with Gasteiger partial charge in [0.2, 0.25) is 0 Å². The normalized spacial score (nSPS) is 23.9. The highest BCUT2D eigenvalue weighted by Gasteiger charge is 2.28. The second kappa shape index (κ2) is 14.1. The lowest BCUT2D eigenvalue weighted by Gasteiger charge is -2.34. The van der Waals surface area contributed by atoms with Crippen LogP contribution in [0.5, 0.6) is 0 Å². The quantitative estimate of drug-likeness (QED) is 0.289. The van der Waals surface area contributed by atoms with Gasteiger partial charge in [-0.1, -0.05) is 80.1 Å². The van der Waals surface area contributed by atoms with Crippen molar-refractivity contribution in [2.75, 3.05) is 0 Å². The third kappa shape index (κ3) is 12.4. The van der Waals surface area contributed by atoms with Crippen LogP contribution in [0.2, 0.25) is 0 Å². The van der Waals surface area contributed by atoms with Crippen LogP contribution in [0, 0.1) is 29.1 Å². The molecule has 1 aliphatic rings. The van der Waals surface area contributed by atoms with Crippen molar-refractivity contribution in [2.45, 2.75) is 144 Å². The number of aliphatic hydroxyl groups excluding tert-OH is 2. The van der Waals surface area contributed by atoms with Crippen molar-refractivity contribution in [2.24, 2.45) is 29.1 Å². The summed E-state index contributed by atoms with van der Waals surface area (Å²) < 4.78 is 0. The molecule has 0 spiro atoms. The molecular formula is C27H54O2. The van der Waals surface area contributed by atoms with Crippen molar-refractivity contribution in [3.05, 3.63) is 0 Å². The SMILES string of the molecule is CCCC[C@@H](C)CC(O)CCCC(C)(C)CCC(O)C1CCC(CC(C)C)CC1. The molecule has 2 N–H and O–H groups in total. The number of hydrogen-bond donors (Lipinski definition) is 2. The summed E-state index contributed by atoms with van der Waals surface area (Å²) in [6, 6.07) is 0. The fourth-order valence-corrected chi connectivity index (χ4v) is 5.44. The average molecular weight is 411 g/mol. The molecule has 0 radical (unpaired) electrons. The second-order valence-electron chi connectivity index (χ2n) is 11.7. The van der Waals surface area contributed by atoms with Gasteiger partial charge < -0.3 is 10.2 Å². The topological polar surface area (TPSA) is 40.5 Å². The molecule has 1 saturated carbocycles. The lowest BCUT2D eigenvalue weighted by atomic mass is 9.74. The maximum absolute atomic E-state index is 10.7. The van der Waals surface area contributed by atoms with E-state index in [1.165, 1.54) is 51.4 Å². The van der Waals surface area contributed by atoms with Gasteiger partial charge in [0.15, 0.2) is 0 Å². The monoisotopic (exact) mass is 410 g/mol. The Bertz CT molecular complexity index is 395. The van der Waals surface area contributed by atoms with Gasteiger partial charge in [-0.25, -0.2) is 0 Å². The highest BCUT2D eigenvalue weighted by molar-refractivity contribution is 4.80. The summed E-state index contributed by atoms with van der Waals surface area (Å²) in [6.07, 6.45) is 16.2. The molecule has 2 heteroatoms. The van der Waals surface area contributed by atoms with Crippen LogP contribution in [0.4, 0.5) is 0 Å². The first kappa shape index (κ1) is 27.0. The summed E-state index contributed by atoms with van der Waals surface area (Å²) >= 11 is 0. The Labute approximate surface area is 183 Å². The molecule has 0 aromatic carbocycles. The van der Waals surface area contributed by atoms with Crippen molar-refractivity contribution < 1.29 is 10.2 Å². The molecule has 0 aromatic rings. The van der Waals surface area contributed by atoms with Gasteiger partial charge in [0, 0.05) is 0 Å². The highest BCUT2D eigenvalue weighted by Crippen LogP contribution is 2.37. The van der Waals surface area contributed by atoms with Crippen LogP contribution in [0.3, 0.4) is 0 Å². The van der Waals surface area contributed by atoms with Gasteiger partial charge in [-0.15, -0.1) is 0 Å². The molecule has 0 bridgehead atoms. The van der Waals surface area contributed by atoms with E-state index in [1.54, 1.807) is 0 Å². The van der Waals surface area contributed by atoms with E-state index in [1.807, 2.05) is 0 Å². The van der Waals surface area contributed by atoms with Crippen LogP contribution in [0.1, 0.15) is 131 Å². The summed E-state index contributed by atoms with van der Waals surface area (Å²) in [5, 5.41) is 21.1. The summed E-state index contributed by atoms with van der Waals surface area (Å²) in [7, 11) is 0. The Balaban J connectivity index is 2.20. The van der Waals surface area contributed by atoms with Crippen molar-refractivity contribution in [1.82, 2.24) is 0 Å². The Morgan fingerprint density at radius 2 is 1.52 bits per heavy atom. The number of aliphatic hydroxyl groups is 2. The standard InChI is InChI=1S/C27H54O2/c1-7-8-10-22(4)20-25(28)11-9-17-27(5,6)18-16-26(29)24-14-12-23(13-15-24)19-21(2)3/h21-26,28-29H,7-20H2,1-6H3/t22-,23?,24?,25?,26?/m1/s1. The van der Waals surface area contributed by atoms with Gasteiger partial charge in [0.1, 0.15) is 0 Å². The van der Waals surface area contributed by atoms with E-state index in [0.29, 0.717) is 11.8 Å². The maximum Gasteiger partial charge on any atom is 0.0568 e. The summed E-state index contributed by atoms with van der Waals surface area (Å²) in [4.78, 5) is 0. The molecule has 3 atom stereocenters. The van der Waals surface area contributed by atoms with E-state index >= 15 is 0 Å². The lowest BCUT2D eigenvalue weighted by Crippen LogP contribution is -2.27. The molecule has 2 nitrogen and oxygen atoms in total. The van der Waals surface area contributed by atoms with E-state index in [-0.39, 0.29) is 17.6 Å². The van der Waals surface area contributed by atoms with Crippen molar-refractivity contribution in [1.29, 1.82) is 0 Å². The predicted molar refractivity (Wildman–Crippen MR) is 127 cm³/mol. The molecular weight excluding hydrogens is 356 g/mol. The number of rotatable bonds is 15. The largest absolute Gasteiger partial charge is 0.393 e. The van der Waals surface area contributed by atoms with E-state index in [4.69, 9.17) is 0 Å². The van der Waals surface area contributed by atoms with Crippen LogP contribution in [-0.2, 0) is 0 Å². The minimum Gasteiger partial charge on any atom is -0.393 e. The zero-order valence-corrected chi connectivity index (χ0v) is 20.8. The summed E-state index contributed by atoms with van der Waals surface area (Å²) in [5.41, 5.74) is 0.267. The first-order chi connectivity index (χ1) is 13.6. The lowest BCUT2D eigenvalue weighted by molar-refractivity contribution is 0.0521. The van der Waals surface area contributed by atoms with E-state index in [9.17, 15) is 10.2 Å². The molecule has 174 valence electrons. The van der Waals surface area contributed by atoms with Gasteiger partial charge in [0.05, 0.1) is 12.2 Å². The fourth-order valence-electron chi connectivity index (χ4n) is 5.44. The number of hydrogen-bond acceptors (Lipinski definition) is 2. The molecule has 29 heavy (non-hydrogen) atoms. The number of unbranched alkanes of at least 4 members (excludes halogenated alkanes) is 1. The first-order valence-corrected chi connectivity index (χ1v) is 13.0. The minimum absolute atomic E-state index is 0.112. The Morgan fingerprint density at radius 1 is 0.862 bits per heavy atom. The van der Waals surface area contributed by atoms with E-state index < -0.39 is 0 Å². The van der Waals surface area contributed by atoms with Gasteiger partial charge >= 0.3 is 0 Å². The van der Waals surface area contributed by atoms with Crippen molar-refractivity contribution >= 4 is 0 Å². The minimum atomic E-state index is -0.135. The van der Waals surface area contributed by atoms with Crippen LogP contribution >= 0.6 is 0 Å². The van der Waals surface area contributed by atoms with Gasteiger partial charge in [-0.2, -0.15) is 0 Å². The average Bonchev–Trinajstić information content (AvgIpc) is 2.64. The van der Waals surface area contributed by atoms with Gasteiger partial charge in [0.25, 0.3) is 0 Å². The molecule has 0 aliphatic heterocycles. The van der Waals surface area contributed by atoms with Crippen LogP contribution in [0.25, 0.3) is 0 Å². The zero-order chi connectivity index (χ0) is 21.9. The Kier molecular flexibility index (Phi) is 13.1. The van der Waals surface area contributed by atoms with Crippen LogP contribution in [0.15, 0.2) is 0 Å². The molecule has 1 rings (SSSR count). The van der Waals surface area contributed by atoms with Crippen molar-refractivity contribution in [3.63, 3.8) is 0 Å². The summed E-state index contributed by atoms with van der Waals surface area (Å²) in [6.45, 7) is 13.9. The molecule has 0 saturated heterocycles. The molecule has 0 aromatic heterocycles. The third-order valence-corrected chi connectivity index (χ3v) is 7.47. The zero-order valence-electron chi connectivity index (χ0n) is 20.8. The predicted octanol–water partition coefficient (Wildman–Crippen LogP) is 7.75. The van der Waals surface area contributed by atoms with Crippen molar-refractivity contribution in [3.8, 4) is 0 Å². The molecule has 2 unspecified atom stereocenters. The van der Waals surface area contributed by atoms with Gasteiger partial charge in [-0.3, -0.25) is 0 Å². The van der Waals surface area contributed by atoms with Crippen LogP contribution in [-0.4, -0.2) is 22.4 Å². The second-order valence-corrected chi connectivity index (χ2v) is 11.7. The molecule has 1 fully saturated rings. The Morgan fingerprint density at radius 3 is 2.10 bits per heavy atom. The Hall–Kier alpha value is -0.0800. The third-order valence-electron chi connectivity index (χ3n) is 7.47. The maximum atomic E-state index is 10.7. The molecule has 0 amide bonds. The first-order valence-electron chi connectivity index (χ1n) is 13.0. The van der Waals surface area contributed by atoms with Crippen LogP contribution < -0.4 is 0 Å². The fraction of sp³-hybridized carbons (Fsp3) is 1.00.